The van der Waals surface area contributed by atoms with Gasteiger partial charge >= 0.3 is 5.97 Å². The maximum Gasteiger partial charge on any atom is 0.328 e. The molecule has 0 saturated carbocycles. The van der Waals surface area contributed by atoms with Crippen molar-refractivity contribution in [2.24, 2.45) is 0 Å². The van der Waals surface area contributed by atoms with E-state index in [1.165, 1.54) is 11.0 Å². The van der Waals surface area contributed by atoms with Gasteiger partial charge in [0.2, 0.25) is 0 Å². The molecule has 0 saturated heterocycles. The number of carboxylic acid groups (broad SMARTS) is 1. The van der Waals surface area contributed by atoms with Crippen molar-refractivity contribution in [1.29, 1.82) is 0 Å². The van der Waals surface area contributed by atoms with Crippen LogP contribution in [-0.4, -0.2) is 34.0 Å². The quantitative estimate of drug-likeness (QED) is 0.571. The molecule has 32 heavy (non-hydrogen) atoms. The number of carbonyl (C=O) groups is 2. The number of carboxylic acids is 1. The molecule has 0 atom stereocenters. The fourth-order valence-electron chi connectivity index (χ4n) is 4.14. The van der Waals surface area contributed by atoms with Crippen molar-refractivity contribution in [2.75, 3.05) is 11.4 Å². The van der Waals surface area contributed by atoms with E-state index in [9.17, 15) is 18.4 Å². The van der Waals surface area contributed by atoms with Crippen LogP contribution in [0.15, 0.2) is 66.7 Å². The summed E-state index contributed by atoms with van der Waals surface area (Å²) in [5.74, 6) is -5.26. The van der Waals surface area contributed by atoms with E-state index in [0.29, 0.717) is 11.6 Å². The van der Waals surface area contributed by atoms with E-state index in [4.69, 9.17) is 5.11 Å². The average Bonchev–Trinajstić information content (AvgIpc) is 3.05. The molecule has 164 valence electrons. The zero-order valence-electron chi connectivity index (χ0n) is 17.7. The molecule has 0 spiro atoms. The van der Waals surface area contributed by atoms with Gasteiger partial charge in [-0.3, -0.25) is 4.79 Å². The Labute approximate surface area is 184 Å². The highest BCUT2D eigenvalue weighted by molar-refractivity contribution is 6.08. The number of aliphatic carboxylic acids is 1. The number of amides is 1. The number of benzene rings is 2. The highest BCUT2D eigenvalue weighted by Gasteiger charge is 2.41. The van der Waals surface area contributed by atoms with Crippen LogP contribution < -0.4 is 4.90 Å². The third-order valence-corrected chi connectivity index (χ3v) is 5.69. The van der Waals surface area contributed by atoms with Gasteiger partial charge in [0.15, 0.2) is 0 Å². The van der Waals surface area contributed by atoms with Gasteiger partial charge in [-0.05, 0) is 56.3 Å². The molecule has 0 unspecified atom stereocenters. The first-order valence-electron chi connectivity index (χ1n) is 10.2. The number of carbonyl (C=O) groups excluding carboxylic acids is 1. The number of nitrogens with zero attached hydrogens (tertiary/aromatic N) is 2. The Morgan fingerprint density at radius 3 is 2.22 bits per heavy atom. The minimum absolute atomic E-state index is 0.0426. The van der Waals surface area contributed by atoms with E-state index >= 15 is 0 Å². The Hall–Kier alpha value is -3.74. The fourth-order valence-corrected chi connectivity index (χ4v) is 4.14. The second-order valence-corrected chi connectivity index (χ2v) is 7.82. The number of para-hydroxylation sites is 1. The van der Waals surface area contributed by atoms with Crippen LogP contribution in [0, 0.1) is 13.8 Å². The molecule has 2 heterocycles. The summed E-state index contributed by atoms with van der Waals surface area (Å²) in [6.07, 6.45) is -0.143. The first-order chi connectivity index (χ1) is 15.2. The van der Waals surface area contributed by atoms with Crippen LogP contribution in [0.5, 0.6) is 0 Å². The van der Waals surface area contributed by atoms with Gasteiger partial charge in [0.05, 0.1) is 5.69 Å². The summed E-state index contributed by atoms with van der Waals surface area (Å²) in [5, 5.41) is 9.12. The predicted molar refractivity (Wildman–Crippen MR) is 119 cm³/mol. The summed E-state index contributed by atoms with van der Waals surface area (Å²) in [4.78, 5) is 25.8. The lowest BCUT2D eigenvalue weighted by molar-refractivity contribution is -0.131. The summed E-state index contributed by atoms with van der Waals surface area (Å²) in [7, 11) is 0. The molecule has 0 aliphatic carbocycles. The minimum atomic E-state index is -3.38. The summed E-state index contributed by atoms with van der Waals surface area (Å²) < 4.78 is 31.7. The summed E-state index contributed by atoms with van der Waals surface area (Å²) >= 11 is 0. The standard InChI is InChI=1S/C25H22F2N2O3/c1-16-7-8-17(2)29(16)19-11-9-18(10-12-19)24(32)28-14-13-25(26,27)21(15-23(30)31)20-5-3-4-6-22(20)28/h3-12,15H,13-14H2,1-2H3,(H,30,31)/b21-15-. The monoisotopic (exact) mass is 436 g/mol. The molecule has 0 radical (unpaired) electrons. The molecule has 1 aliphatic rings. The Balaban J connectivity index is 1.73. The van der Waals surface area contributed by atoms with Crippen LogP contribution in [0.4, 0.5) is 14.5 Å². The number of aryl methyl sites for hydroxylation is 2. The molecule has 0 fully saturated rings. The lowest BCUT2D eigenvalue weighted by Gasteiger charge is -2.23. The molecule has 1 aliphatic heterocycles. The van der Waals surface area contributed by atoms with Gasteiger partial charge in [-0.1, -0.05) is 18.2 Å². The van der Waals surface area contributed by atoms with Crippen LogP contribution in [0.1, 0.15) is 33.7 Å². The maximum absolute atomic E-state index is 14.8. The molecule has 5 nitrogen and oxygen atoms in total. The normalized spacial score (nSPS) is 16.5. The SMILES string of the molecule is Cc1ccc(C)n1-c1ccc(C(=O)N2CCC(F)(F)/C(=C\C(=O)O)c3ccccc32)cc1. The zero-order valence-corrected chi connectivity index (χ0v) is 17.7. The third kappa shape index (κ3) is 3.82. The van der Waals surface area contributed by atoms with Crippen molar-refractivity contribution in [3.05, 3.63) is 89.3 Å². The van der Waals surface area contributed by atoms with Crippen LogP contribution in [0.2, 0.25) is 0 Å². The molecular weight excluding hydrogens is 414 g/mol. The summed E-state index contributed by atoms with van der Waals surface area (Å²) in [6.45, 7) is 3.74. The zero-order chi connectivity index (χ0) is 23.0. The van der Waals surface area contributed by atoms with Gasteiger partial charge in [-0.15, -0.1) is 0 Å². The molecule has 4 rings (SSSR count). The highest BCUT2D eigenvalue weighted by Crippen LogP contribution is 2.43. The van der Waals surface area contributed by atoms with Crippen molar-refractivity contribution in [3.8, 4) is 5.69 Å². The van der Waals surface area contributed by atoms with Crippen molar-refractivity contribution in [3.63, 3.8) is 0 Å². The van der Waals surface area contributed by atoms with Gasteiger partial charge in [0.25, 0.3) is 11.8 Å². The number of rotatable bonds is 3. The Morgan fingerprint density at radius 2 is 1.59 bits per heavy atom. The highest BCUT2D eigenvalue weighted by atomic mass is 19.3. The molecule has 1 aromatic heterocycles. The van der Waals surface area contributed by atoms with E-state index in [1.807, 2.05) is 38.1 Å². The second kappa shape index (κ2) is 8.07. The molecule has 7 heteroatoms. The Bertz CT molecular complexity index is 1210. The lowest BCUT2D eigenvalue weighted by Crippen LogP contribution is -2.33. The first-order valence-corrected chi connectivity index (χ1v) is 10.2. The molecule has 3 aromatic rings. The van der Waals surface area contributed by atoms with Gasteiger partial charge < -0.3 is 14.6 Å². The first kappa shape index (κ1) is 21.5. The number of hydrogen-bond acceptors (Lipinski definition) is 2. The minimum Gasteiger partial charge on any atom is -0.478 e. The van der Waals surface area contributed by atoms with Crippen LogP contribution in [0.3, 0.4) is 0 Å². The number of aromatic nitrogens is 1. The second-order valence-electron chi connectivity index (χ2n) is 7.82. The summed E-state index contributed by atoms with van der Waals surface area (Å²) in [6, 6.07) is 17.2. The van der Waals surface area contributed by atoms with Gasteiger partial charge in [0, 0.05) is 52.8 Å². The van der Waals surface area contributed by atoms with Crippen LogP contribution in [0.25, 0.3) is 11.3 Å². The average molecular weight is 436 g/mol. The molecule has 0 bridgehead atoms. The maximum atomic E-state index is 14.8. The topological polar surface area (TPSA) is 62.5 Å². The van der Waals surface area contributed by atoms with Crippen molar-refractivity contribution >= 4 is 23.1 Å². The number of anilines is 1. The number of allylic oxidation sites excluding steroid dienone is 1. The Morgan fingerprint density at radius 1 is 0.969 bits per heavy atom. The molecule has 2 aromatic carbocycles. The Kier molecular flexibility index (Phi) is 5.42. The largest absolute Gasteiger partial charge is 0.478 e. The molecule has 1 N–H and O–H groups in total. The van der Waals surface area contributed by atoms with Crippen LogP contribution >= 0.6 is 0 Å². The van der Waals surface area contributed by atoms with Crippen molar-refractivity contribution in [1.82, 2.24) is 4.57 Å². The number of fused-ring (bicyclic) bond motifs is 1. The summed E-state index contributed by atoms with van der Waals surface area (Å²) in [5.41, 5.74) is 3.09. The van der Waals surface area contributed by atoms with E-state index in [1.54, 1.807) is 30.3 Å². The fraction of sp³-hybridized carbons (Fsp3) is 0.200. The van der Waals surface area contributed by atoms with E-state index in [0.717, 1.165) is 17.1 Å². The predicted octanol–water partition coefficient (Wildman–Crippen LogP) is 5.25. The number of hydrogen-bond donors (Lipinski definition) is 1. The van der Waals surface area contributed by atoms with Crippen molar-refractivity contribution in [2.45, 2.75) is 26.2 Å². The third-order valence-electron chi connectivity index (χ3n) is 5.69. The van der Waals surface area contributed by atoms with Crippen molar-refractivity contribution < 1.29 is 23.5 Å². The molecular formula is C25H22F2N2O3. The van der Waals surface area contributed by atoms with E-state index in [2.05, 4.69) is 4.57 Å². The van der Waals surface area contributed by atoms with E-state index < -0.39 is 29.8 Å². The van der Waals surface area contributed by atoms with Gasteiger partial charge in [-0.2, -0.15) is 0 Å². The van der Waals surface area contributed by atoms with Crippen LogP contribution in [-0.2, 0) is 4.79 Å². The number of alkyl halides is 2. The van der Waals surface area contributed by atoms with E-state index in [-0.39, 0.29) is 17.8 Å². The number of halogens is 2. The smallest absolute Gasteiger partial charge is 0.328 e. The van der Waals surface area contributed by atoms with Gasteiger partial charge in [-0.25, -0.2) is 13.6 Å². The van der Waals surface area contributed by atoms with Gasteiger partial charge in [0.1, 0.15) is 0 Å². The lowest BCUT2D eigenvalue weighted by atomic mass is 9.97. The molecule has 1 amide bonds.